The van der Waals surface area contributed by atoms with Gasteiger partial charge in [0.25, 0.3) is 0 Å². The number of carbonyl (C=O) groups excluding carboxylic acids is 1. The van der Waals surface area contributed by atoms with Crippen LogP contribution in [0.25, 0.3) is 5.69 Å². The molecule has 3 rings (SSSR count). The summed E-state index contributed by atoms with van der Waals surface area (Å²) >= 11 is 7.75. The van der Waals surface area contributed by atoms with Crippen LogP contribution in [0.2, 0.25) is 5.02 Å². The van der Waals surface area contributed by atoms with Gasteiger partial charge in [0.2, 0.25) is 5.91 Å². The Labute approximate surface area is 155 Å². The van der Waals surface area contributed by atoms with E-state index in [1.54, 1.807) is 25.7 Å². The van der Waals surface area contributed by atoms with Crippen molar-refractivity contribution in [3.63, 3.8) is 0 Å². The van der Waals surface area contributed by atoms with E-state index in [0.717, 1.165) is 16.3 Å². The van der Waals surface area contributed by atoms with E-state index in [0.29, 0.717) is 16.5 Å². The minimum atomic E-state index is -0.0905. The number of benzene rings is 2. The van der Waals surface area contributed by atoms with Gasteiger partial charge in [-0.05, 0) is 42.5 Å². The van der Waals surface area contributed by atoms with Crippen LogP contribution in [0, 0.1) is 0 Å². The van der Waals surface area contributed by atoms with E-state index in [9.17, 15) is 4.79 Å². The lowest BCUT2D eigenvalue weighted by molar-refractivity contribution is -0.113. The molecule has 2 aromatic carbocycles. The summed E-state index contributed by atoms with van der Waals surface area (Å²) in [4.78, 5) is 17.1. The van der Waals surface area contributed by atoms with Crippen molar-refractivity contribution in [2.24, 2.45) is 0 Å². The minimum Gasteiger partial charge on any atom is -0.497 e. The molecule has 7 heteroatoms. The zero-order valence-corrected chi connectivity index (χ0v) is 15.1. The van der Waals surface area contributed by atoms with Gasteiger partial charge in [0.1, 0.15) is 5.75 Å². The number of halogens is 1. The largest absolute Gasteiger partial charge is 0.497 e. The maximum Gasteiger partial charge on any atom is 0.234 e. The fourth-order valence-electron chi connectivity index (χ4n) is 2.21. The topological polar surface area (TPSA) is 56.1 Å². The summed E-state index contributed by atoms with van der Waals surface area (Å²) in [5.41, 5.74) is 1.47. The number of hydrogen-bond acceptors (Lipinski definition) is 4. The lowest BCUT2D eigenvalue weighted by Gasteiger charge is -2.09. The lowest BCUT2D eigenvalue weighted by Crippen LogP contribution is -2.14. The van der Waals surface area contributed by atoms with Crippen LogP contribution in [0.3, 0.4) is 0 Å². The van der Waals surface area contributed by atoms with Gasteiger partial charge in [-0.2, -0.15) is 0 Å². The highest BCUT2D eigenvalue weighted by Crippen LogP contribution is 2.25. The standard InChI is InChI=1S/C18H16ClN3O2S/c1-24-14-3-5-15(6-4-14)25-11-18(23)21-13-2-7-17(16(19)10-13)22-9-8-20-12-22/h2-10,12H,11H2,1H3,(H,21,23). The van der Waals surface area contributed by atoms with Crippen molar-refractivity contribution in [3.8, 4) is 11.4 Å². The van der Waals surface area contributed by atoms with Crippen molar-refractivity contribution in [1.29, 1.82) is 0 Å². The number of ether oxygens (including phenoxy) is 1. The summed E-state index contributed by atoms with van der Waals surface area (Å²) < 4.78 is 6.93. The lowest BCUT2D eigenvalue weighted by atomic mass is 10.2. The van der Waals surface area contributed by atoms with Gasteiger partial charge < -0.3 is 14.6 Å². The summed E-state index contributed by atoms with van der Waals surface area (Å²) in [5, 5.41) is 3.39. The van der Waals surface area contributed by atoms with Gasteiger partial charge in [-0.1, -0.05) is 11.6 Å². The van der Waals surface area contributed by atoms with Crippen molar-refractivity contribution >= 4 is 35.0 Å². The molecule has 0 saturated heterocycles. The van der Waals surface area contributed by atoms with Crippen molar-refractivity contribution in [1.82, 2.24) is 9.55 Å². The summed E-state index contributed by atoms with van der Waals surface area (Å²) in [6, 6.07) is 13.0. The molecule has 1 N–H and O–H groups in total. The molecule has 1 amide bonds. The zero-order valence-electron chi connectivity index (χ0n) is 13.5. The Morgan fingerprint density at radius 3 is 2.72 bits per heavy atom. The first kappa shape index (κ1) is 17.4. The van der Waals surface area contributed by atoms with Crippen LogP contribution in [0.15, 0.2) is 66.1 Å². The number of nitrogens with zero attached hydrogens (tertiary/aromatic N) is 2. The zero-order chi connectivity index (χ0) is 17.6. The molecule has 0 radical (unpaired) electrons. The van der Waals surface area contributed by atoms with Crippen LogP contribution in [0.1, 0.15) is 0 Å². The Bertz CT molecular complexity index is 851. The number of aromatic nitrogens is 2. The van der Waals surface area contributed by atoms with Crippen LogP contribution in [0.4, 0.5) is 5.69 Å². The van der Waals surface area contributed by atoms with Crippen molar-refractivity contribution in [2.45, 2.75) is 4.90 Å². The quantitative estimate of drug-likeness (QED) is 0.656. The second-order valence-corrected chi connectivity index (χ2v) is 6.60. The average molecular weight is 374 g/mol. The van der Waals surface area contributed by atoms with Crippen LogP contribution in [-0.2, 0) is 4.79 Å². The number of thioether (sulfide) groups is 1. The molecule has 3 aromatic rings. The van der Waals surface area contributed by atoms with Gasteiger partial charge in [-0.15, -0.1) is 11.8 Å². The summed E-state index contributed by atoms with van der Waals surface area (Å²) in [6.45, 7) is 0. The van der Waals surface area contributed by atoms with E-state index in [2.05, 4.69) is 10.3 Å². The van der Waals surface area contributed by atoms with Gasteiger partial charge in [-0.3, -0.25) is 4.79 Å². The van der Waals surface area contributed by atoms with Crippen molar-refractivity contribution in [2.75, 3.05) is 18.2 Å². The summed E-state index contributed by atoms with van der Waals surface area (Å²) in [6.07, 6.45) is 5.17. The number of rotatable bonds is 6. The molecular weight excluding hydrogens is 358 g/mol. The van der Waals surface area contributed by atoms with E-state index >= 15 is 0 Å². The third-order valence-electron chi connectivity index (χ3n) is 3.44. The van der Waals surface area contributed by atoms with Crippen LogP contribution < -0.4 is 10.1 Å². The number of imidazole rings is 1. The maximum atomic E-state index is 12.1. The molecule has 128 valence electrons. The molecule has 0 fully saturated rings. The first-order valence-electron chi connectivity index (χ1n) is 7.50. The molecule has 0 unspecified atom stereocenters. The van der Waals surface area contributed by atoms with E-state index in [4.69, 9.17) is 16.3 Å². The predicted octanol–water partition coefficient (Wildman–Crippen LogP) is 4.27. The van der Waals surface area contributed by atoms with E-state index in [-0.39, 0.29) is 5.91 Å². The molecule has 1 heterocycles. The van der Waals surface area contributed by atoms with Gasteiger partial charge in [-0.25, -0.2) is 4.98 Å². The smallest absolute Gasteiger partial charge is 0.234 e. The number of carbonyl (C=O) groups is 1. The molecule has 1 aromatic heterocycles. The Kier molecular flexibility index (Phi) is 5.63. The molecule has 0 aliphatic carbocycles. The number of anilines is 1. The maximum absolute atomic E-state index is 12.1. The molecule has 25 heavy (non-hydrogen) atoms. The van der Waals surface area contributed by atoms with Crippen molar-refractivity contribution in [3.05, 3.63) is 66.2 Å². The number of nitrogens with one attached hydrogen (secondary N) is 1. The normalized spacial score (nSPS) is 10.5. The second kappa shape index (κ2) is 8.09. The molecule has 0 saturated carbocycles. The predicted molar refractivity (Wildman–Crippen MR) is 101 cm³/mol. The Morgan fingerprint density at radius 1 is 1.28 bits per heavy atom. The highest BCUT2D eigenvalue weighted by molar-refractivity contribution is 8.00. The van der Waals surface area contributed by atoms with Gasteiger partial charge in [0.05, 0.1) is 29.9 Å². The fourth-order valence-corrected chi connectivity index (χ4v) is 3.19. The summed E-state index contributed by atoms with van der Waals surface area (Å²) in [7, 11) is 1.62. The number of amides is 1. The highest BCUT2D eigenvalue weighted by atomic mass is 35.5. The molecule has 0 aliphatic rings. The SMILES string of the molecule is COc1ccc(SCC(=O)Nc2ccc(-n3ccnc3)c(Cl)c2)cc1. The van der Waals surface area contributed by atoms with Crippen LogP contribution >= 0.6 is 23.4 Å². The van der Waals surface area contributed by atoms with Crippen LogP contribution in [0.5, 0.6) is 5.75 Å². The first-order chi connectivity index (χ1) is 12.2. The Hall–Kier alpha value is -2.44. The molecule has 5 nitrogen and oxygen atoms in total. The molecule has 0 bridgehead atoms. The molecule has 0 aliphatic heterocycles. The number of methoxy groups -OCH3 is 1. The first-order valence-corrected chi connectivity index (χ1v) is 8.86. The number of hydrogen-bond donors (Lipinski definition) is 1. The molecule has 0 spiro atoms. The average Bonchev–Trinajstić information content (AvgIpc) is 3.15. The van der Waals surface area contributed by atoms with Gasteiger partial charge >= 0.3 is 0 Å². The van der Waals surface area contributed by atoms with Crippen LogP contribution in [-0.4, -0.2) is 28.3 Å². The van der Waals surface area contributed by atoms with E-state index < -0.39 is 0 Å². The highest BCUT2D eigenvalue weighted by Gasteiger charge is 2.07. The fraction of sp³-hybridized carbons (Fsp3) is 0.111. The molecular formula is C18H16ClN3O2S. The van der Waals surface area contributed by atoms with Gasteiger partial charge in [0.15, 0.2) is 0 Å². The Morgan fingerprint density at radius 2 is 2.08 bits per heavy atom. The van der Waals surface area contributed by atoms with Crippen molar-refractivity contribution < 1.29 is 9.53 Å². The van der Waals surface area contributed by atoms with Gasteiger partial charge in [0, 0.05) is 23.0 Å². The summed E-state index contributed by atoms with van der Waals surface area (Å²) in [5.74, 6) is 1.02. The molecule has 0 atom stereocenters. The third-order valence-corrected chi connectivity index (χ3v) is 4.76. The van der Waals surface area contributed by atoms with E-state index in [1.807, 2.05) is 47.2 Å². The van der Waals surface area contributed by atoms with E-state index in [1.165, 1.54) is 11.8 Å². The Balaban J connectivity index is 1.58. The second-order valence-electron chi connectivity index (χ2n) is 5.15. The third kappa shape index (κ3) is 4.55. The monoisotopic (exact) mass is 373 g/mol. The minimum absolute atomic E-state index is 0.0905.